The molecule has 4 saturated carbocycles. The first kappa shape index (κ1) is 80.8. The van der Waals surface area contributed by atoms with Gasteiger partial charge in [-0.1, -0.05) is 98.3 Å². The highest BCUT2D eigenvalue weighted by atomic mass is 35.5. The zero-order valence-corrected chi connectivity index (χ0v) is 61.4. The van der Waals surface area contributed by atoms with Gasteiger partial charge in [0.1, 0.15) is 60.7 Å². The van der Waals surface area contributed by atoms with Gasteiger partial charge in [0, 0.05) is 74.2 Å². The Morgan fingerprint density at radius 1 is 0.490 bits per heavy atom. The van der Waals surface area contributed by atoms with Crippen LogP contribution in [0.5, 0.6) is 0 Å². The van der Waals surface area contributed by atoms with E-state index in [0.29, 0.717) is 58.0 Å². The van der Waals surface area contributed by atoms with E-state index >= 15 is 28.0 Å². The number of carbonyl (C=O) groups is 12. The lowest BCUT2D eigenvalue weighted by molar-refractivity contribution is -0.151. The van der Waals surface area contributed by atoms with Gasteiger partial charge in [-0.05, 0) is 119 Å². The van der Waals surface area contributed by atoms with E-state index in [1.807, 2.05) is 6.92 Å². The maximum absolute atomic E-state index is 15.7. The van der Waals surface area contributed by atoms with E-state index in [0.717, 1.165) is 83.8 Å². The van der Waals surface area contributed by atoms with Gasteiger partial charge in [0.2, 0.25) is 70.9 Å². The molecule has 554 valence electrons. The second-order valence-electron chi connectivity index (χ2n) is 30.1. The largest absolute Gasteiger partial charge is 0.343 e. The Balaban J connectivity index is 1.42. The summed E-state index contributed by atoms with van der Waals surface area (Å²) in [5.74, 6) is -9.95. The predicted molar refractivity (Wildman–Crippen MR) is 368 cm³/mol. The molecular formula is C71H117ClF2N12O12. The van der Waals surface area contributed by atoms with Crippen LogP contribution in [0.15, 0.2) is 0 Å². The van der Waals surface area contributed by atoms with Crippen molar-refractivity contribution in [3.8, 4) is 0 Å². The van der Waals surface area contributed by atoms with Gasteiger partial charge in [-0.2, -0.15) is 0 Å². The standard InChI is InChI=1S/C71H117ClF2N12O12/c1-13-44(4)62-71(98)81(8)41-60(89)79(6)42-61(90)83(10)56(37-48-26-28-50(72)29-27-48)69(96)80(7)40-58(87)75-53(35-49-32-51(73)38-52(74)33-49)65(92)76-54(34-46-22-16-14-17-23-46)67(94)84(11)57(36-47-24-18-15-19-25-47)70(97)85(12)63(43(2)3)66(93)77-55(68(95)86-30-20-21-31-86)39-59(88)82(9)45(5)64(91)78-62/h43-57,62-63H,13-42H2,1-12H3,(H,75,87)(H,76,92)(H,77,93)(H,78,91)/t44-,45-,48?,49?,50?,51?,52?,53-,54-,55-,56-,57-,62-,63-/m0/s1. The first-order chi connectivity index (χ1) is 46.3. The molecule has 0 aromatic heterocycles. The van der Waals surface area contributed by atoms with Crippen LogP contribution in [0.2, 0.25) is 0 Å². The van der Waals surface area contributed by atoms with Crippen LogP contribution in [0, 0.1) is 35.5 Å². The van der Waals surface area contributed by atoms with Gasteiger partial charge >= 0.3 is 0 Å². The van der Waals surface area contributed by atoms with E-state index in [4.69, 9.17) is 11.6 Å². The van der Waals surface area contributed by atoms with Crippen LogP contribution >= 0.6 is 11.6 Å². The fourth-order valence-electron chi connectivity index (χ4n) is 15.5. The Morgan fingerprint density at radius 2 is 1.01 bits per heavy atom. The average molecular weight is 1400 g/mol. The van der Waals surface area contributed by atoms with E-state index in [1.54, 1.807) is 25.7 Å². The third-order valence-electron chi connectivity index (χ3n) is 22.2. The Hall–Kier alpha value is -6.21. The summed E-state index contributed by atoms with van der Waals surface area (Å²) in [6.07, 6.45) is 9.22. The highest BCUT2D eigenvalue weighted by molar-refractivity contribution is 6.20. The zero-order valence-electron chi connectivity index (χ0n) is 60.6. The van der Waals surface area contributed by atoms with Gasteiger partial charge in [-0.3, -0.25) is 57.5 Å². The number of nitrogens with zero attached hydrogens (tertiary/aromatic N) is 8. The molecule has 6 fully saturated rings. The lowest BCUT2D eigenvalue weighted by Crippen LogP contribution is -2.61. The second kappa shape index (κ2) is 38.0. The summed E-state index contributed by atoms with van der Waals surface area (Å²) in [6, 6.07) is -10.2. The van der Waals surface area contributed by atoms with Crippen LogP contribution in [0.4, 0.5) is 8.78 Å². The lowest BCUT2D eigenvalue weighted by atomic mass is 9.82. The van der Waals surface area contributed by atoms with Crippen LogP contribution in [0.3, 0.4) is 0 Å². The molecule has 27 heteroatoms. The van der Waals surface area contributed by atoms with Crippen molar-refractivity contribution in [2.45, 2.75) is 261 Å². The minimum absolute atomic E-state index is 0.00389. The maximum atomic E-state index is 15.7. The molecule has 0 spiro atoms. The van der Waals surface area contributed by atoms with Crippen LogP contribution in [0.25, 0.3) is 0 Å². The number of alkyl halides is 3. The molecule has 0 bridgehead atoms. The predicted octanol–water partition coefficient (Wildman–Crippen LogP) is 5.35. The molecule has 2 aliphatic heterocycles. The Kier molecular flexibility index (Phi) is 31.3. The first-order valence-corrected chi connectivity index (χ1v) is 36.9. The van der Waals surface area contributed by atoms with Crippen molar-refractivity contribution in [1.29, 1.82) is 0 Å². The third-order valence-corrected chi connectivity index (χ3v) is 22.6. The minimum Gasteiger partial charge on any atom is -0.343 e. The molecule has 0 radical (unpaired) electrons. The minimum atomic E-state index is -1.52. The number of hydrogen-bond donors (Lipinski definition) is 4. The number of hydrogen-bond acceptors (Lipinski definition) is 12. The molecule has 6 rings (SSSR count). The van der Waals surface area contributed by atoms with Crippen molar-refractivity contribution in [2.75, 3.05) is 82.1 Å². The van der Waals surface area contributed by atoms with Crippen molar-refractivity contribution >= 4 is 82.5 Å². The monoisotopic (exact) mass is 1400 g/mol. The summed E-state index contributed by atoms with van der Waals surface area (Å²) >= 11 is 6.51. The molecular weight excluding hydrogens is 1290 g/mol. The summed E-state index contributed by atoms with van der Waals surface area (Å²) in [6.45, 7) is 7.55. The van der Waals surface area contributed by atoms with E-state index in [-0.39, 0.29) is 68.1 Å². The van der Waals surface area contributed by atoms with Crippen molar-refractivity contribution in [1.82, 2.24) is 60.5 Å². The average Bonchev–Trinajstić information content (AvgIpc) is 0.856. The van der Waals surface area contributed by atoms with E-state index in [2.05, 4.69) is 21.3 Å². The van der Waals surface area contributed by atoms with Gasteiger partial charge in [0.05, 0.1) is 26.1 Å². The maximum Gasteiger partial charge on any atom is 0.245 e. The molecule has 4 N–H and O–H groups in total. The Morgan fingerprint density at radius 3 is 1.57 bits per heavy atom. The molecule has 11 atom stereocenters. The van der Waals surface area contributed by atoms with Gasteiger partial charge < -0.3 is 60.5 Å². The molecule has 2 saturated heterocycles. The first-order valence-electron chi connectivity index (χ1n) is 36.5. The number of carbonyl (C=O) groups excluding carboxylic acids is 12. The number of likely N-dealkylation sites (N-methyl/N-ethyl adjacent to an activating group) is 7. The number of amides is 12. The van der Waals surface area contributed by atoms with Crippen LogP contribution in [-0.4, -0.2) is 258 Å². The molecule has 6 aliphatic rings. The molecule has 24 nitrogen and oxygen atoms in total. The van der Waals surface area contributed by atoms with Gasteiger partial charge in [0.15, 0.2) is 0 Å². The van der Waals surface area contributed by atoms with Crippen molar-refractivity contribution < 1.29 is 66.3 Å². The summed E-state index contributed by atoms with van der Waals surface area (Å²) < 4.78 is 30.5. The van der Waals surface area contributed by atoms with Crippen molar-refractivity contribution in [3.63, 3.8) is 0 Å². The van der Waals surface area contributed by atoms with Crippen molar-refractivity contribution in [2.24, 2.45) is 35.5 Å². The topological polar surface area (TPSA) is 279 Å². The number of rotatable bonds is 12. The van der Waals surface area contributed by atoms with E-state index < -0.39 is 175 Å². The van der Waals surface area contributed by atoms with Crippen LogP contribution in [-0.2, 0) is 57.5 Å². The van der Waals surface area contributed by atoms with E-state index in [1.165, 1.54) is 71.0 Å². The molecule has 0 aromatic rings. The Bertz CT molecular complexity index is 2750. The van der Waals surface area contributed by atoms with Gasteiger partial charge in [-0.25, -0.2) is 8.78 Å². The van der Waals surface area contributed by atoms with Crippen molar-refractivity contribution in [3.05, 3.63) is 0 Å². The van der Waals surface area contributed by atoms with Crippen LogP contribution in [0.1, 0.15) is 195 Å². The fourth-order valence-corrected chi connectivity index (χ4v) is 15.8. The highest BCUT2D eigenvalue weighted by Crippen LogP contribution is 2.35. The third kappa shape index (κ3) is 22.6. The summed E-state index contributed by atoms with van der Waals surface area (Å²) in [4.78, 5) is 187. The quantitative estimate of drug-likeness (QED) is 0.180. The van der Waals surface area contributed by atoms with Gasteiger partial charge in [0.25, 0.3) is 0 Å². The number of halogens is 3. The number of nitrogens with one attached hydrogen (secondary N) is 4. The van der Waals surface area contributed by atoms with Crippen LogP contribution < -0.4 is 21.3 Å². The molecule has 0 aromatic carbocycles. The fraction of sp³-hybridized carbons (Fsp3) is 0.831. The SMILES string of the molecule is CC[C@H](C)[C@@H]1NC(=O)[C@H](C)N(C)C(=O)C[C@@H](C(=O)N2CCCC2)NC(=O)[C@H](C(C)C)N(C)C(=O)[C@H](CC2CCCCC2)N(C)C(=O)[C@H](CC2CCCCC2)NC(=O)[C@H](CC2CC(F)CC(F)C2)NC(=O)CN(C)C(=O)[C@H](CC2CCC(Cl)CC2)N(C)C(=O)CN(C)C(=O)CN(C)C1=O. The smallest absolute Gasteiger partial charge is 0.245 e. The Labute approximate surface area is 585 Å². The normalized spacial score (nSPS) is 31.5. The van der Waals surface area contributed by atoms with Gasteiger partial charge in [-0.15, -0.1) is 11.6 Å². The number of likely N-dealkylation sites (tertiary alicyclic amines) is 1. The van der Waals surface area contributed by atoms with E-state index in [9.17, 15) is 38.4 Å². The molecule has 98 heavy (non-hydrogen) atoms. The summed E-state index contributed by atoms with van der Waals surface area (Å²) in [5.41, 5.74) is 0. The summed E-state index contributed by atoms with van der Waals surface area (Å²) in [7, 11) is 9.91. The second-order valence-corrected chi connectivity index (χ2v) is 30.7. The summed E-state index contributed by atoms with van der Waals surface area (Å²) in [5, 5.41) is 11.3. The zero-order chi connectivity index (χ0) is 72.4. The molecule has 4 aliphatic carbocycles. The molecule has 12 amide bonds. The lowest BCUT2D eigenvalue weighted by Gasteiger charge is -2.39. The molecule has 2 unspecified atom stereocenters. The highest BCUT2D eigenvalue weighted by Gasteiger charge is 2.44. The molecule has 2 heterocycles.